The minimum Gasteiger partial charge on any atom is -0.438 e. The van der Waals surface area contributed by atoms with Crippen LogP contribution < -0.4 is 9.72 Å². The van der Waals surface area contributed by atoms with Crippen LogP contribution in [0.25, 0.3) is 16.5 Å². The molecule has 1 aliphatic rings. The van der Waals surface area contributed by atoms with Gasteiger partial charge in [-0.25, -0.2) is 8.78 Å². The number of ether oxygens (including phenoxy) is 1. The quantitative estimate of drug-likeness (QED) is 0.320. The van der Waals surface area contributed by atoms with E-state index >= 15 is 0 Å². The number of fused-ring (bicyclic) bond motifs is 1. The van der Waals surface area contributed by atoms with E-state index in [2.05, 4.69) is 15.0 Å². The molecule has 0 aliphatic heterocycles. The molecule has 1 atom stereocenters. The Labute approximate surface area is 145 Å². The lowest BCUT2D eigenvalue weighted by Gasteiger charge is -2.15. The molecule has 0 radical (unpaired) electrons. The predicted octanol–water partition coefficient (Wildman–Crippen LogP) is 4.58. The van der Waals surface area contributed by atoms with Gasteiger partial charge in [-0.3, -0.25) is 0 Å². The number of azide groups is 1. The molecule has 1 heterocycles. The highest BCUT2D eigenvalue weighted by atomic mass is 19.3. The Kier molecular flexibility index (Phi) is 4.81. The van der Waals surface area contributed by atoms with Crippen molar-refractivity contribution in [1.82, 2.24) is 0 Å². The van der Waals surface area contributed by atoms with Crippen molar-refractivity contribution in [3.05, 3.63) is 75.4 Å². The van der Waals surface area contributed by atoms with E-state index in [4.69, 9.17) is 10.3 Å². The second-order valence-corrected chi connectivity index (χ2v) is 5.66. The van der Waals surface area contributed by atoms with Gasteiger partial charge in [0.25, 0.3) is 0 Å². The number of aromatic nitrogens is 1. The zero-order chi connectivity index (χ0) is 18.7. The molecule has 1 aliphatic carbocycles. The zero-order valence-corrected chi connectivity index (χ0v) is 13.2. The maximum absolute atomic E-state index is 12.9. The molecule has 1 aromatic carbocycles. The van der Waals surface area contributed by atoms with E-state index in [9.17, 15) is 17.6 Å². The summed E-state index contributed by atoms with van der Waals surface area (Å²) in [5, 5.41) is 3.72. The first-order valence-corrected chi connectivity index (χ1v) is 7.58. The van der Waals surface area contributed by atoms with Crippen LogP contribution >= 0.6 is 0 Å². The van der Waals surface area contributed by atoms with Crippen molar-refractivity contribution >= 4 is 6.08 Å². The van der Waals surface area contributed by atoms with Crippen LogP contribution in [0, 0.1) is 0 Å². The number of pyridine rings is 1. The lowest BCUT2D eigenvalue weighted by molar-refractivity contribution is -0.397. The number of allylic oxidation sites excluding steroid dienone is 1. The summed E-state index contributed by atoms with van der Waals surface area (Å²) in [6.45, 7) is -1.43. The van der Waals surface area contributed by atoms with Crippen LogP contribution in [-0.2, 0) is 0 Å². The molecule has 2 aromatic rings. The largest absolute Gasteiger partial charge is 0.438 e. The molecule has 1 unspecified atom stereocenters. The second kappa shape index (κ2) is 7.05. The molecule has 0 amide bonds. The number of H-pyrrole nitrogens is 1. The summed E-state index contributed by atoms with van der Waals surface area (Å²) in [6.07, 6.45) is -0.523. The highest BCUT2D eigenvalue weighted by molar-refractivity contribution is 5.68. The molecular weight excluding hydrogens is 352 g/mol. The number of aromatic amines is 1. The average Bonchev–Trinajstić information content (AvgIpc) is 2.99. The Bertz CT molecular complexity index is 877. The Hall–Kier alpha value is -3.06. The van der Waals surface area contributed by atoms with Gasteiger partial charge in [0.2, 0.25) is 0 Å². The number of benzene rings is 1. The van der Waals surface area contributed by atoms with Crippen LogP contribution in [0.5, 0.6) is 5.88 Å². The van der Waals surface area contributed by atoms with E-state index in [-0.39, 0.29) is 11.8 Å². The summed E-state index contributed by atoms with van der Waals surface area (Å²) < 4.78 is 54.9. The Morgan fingerprint density at radius 2 is 2.00 bits per heavy atom. The Balaban J connectivity index is 1.82. The Morgan fingerprint density at radius 1 is 1.23 bits per heavy atom. The molecular formula is C17H13F4N4O+. The fraction of sp³-hybridized carbons (Fsp3) is 0.235. The van der Waals surface area contributed by atoms with E-state index in [0.717, 1.165) is 11.1 Å². The van der Waals surface area contributed by atoms with Crippen LogP contribution in [0.15, 0.2) is 53.4 Å². The number of nitrogens with zero attached hydrogens (tertiary/aromatic N) is 3. The van der Waals surface area contributed by atoms with Gasteiger partial charge >= 0.3 is 18.2 Å². The molecule has 1 aromatic heterocycles. The number of rotatable bonds is 6. The summed E-state index contributed by atoms with van der Waals surface area (Å²) >= 11 is 0. The van der Waals surface area contributed by atoms with Crippen LogP contribution in [0.3, 0.4) is 0 Å². The van der Waals surface area contributed by atoms with Gasteiger partial charge < -0.3 is 4.74 Å². The maximum Gasteiger partial charge on any atom is 0.366 e. The topological polar surface area (TPSA) is 72.1 Å². The van der Waals surface area contributed by atoms with E-state index in [1.165, 1.54) is 12.3 Å². The molecule has 3 rings (SSSR count). The van der Waals surface area contributed by atoms with Gasteiger partial charge in [-0.15, -0.1) is 0 Å². The van der Waals surface area contributed by atoms with Gasteiger partial charge in [0.05, 0.1) is 6.07 Å². The van der Waals surface area contributed by atoms with E-state index in [0.29, 0.717) is 11.3 Å². The summed E-state index contributed by atoms with van der Waals surface area (Å²) in [6, 6.07) is 10.5. The molecule has 0 fully saturated rings. The standard InChI is InChI=1S/C17H12F4N4O/c18-16(19)17(20,21)9-26-14-6-5-11(8-23-14)15-12-4-2-1-3-10(12)7-13(15)24-25-22/h1-8,15-16H,9H2/p+1. The van der Waals surface area contributed by atoms with Crippen molar-refractivity contribution in [3.8, 4) is 5.88 Å². The first kappa shape index (κ1) is 17.8. The third-order valence-electron chi connectivity index (χ3n) is 3.95. The van der Waals surface area contributed by atoms with Gasteiger partial charge in [0.1, 0.15) is 0 Å². The SMILES string of the molecule is [N-]=[N+]=NC1=Cc2ccccc2C1c1ccc(OCC(F)(F)C(F)F)[nH+]c1. The van der Waals surface area contributed by atoms with Crippen LogP contribution in [0.1, 0.15) is 22.6 Å². The molecule has 9 heteroatoms. The van der Waals surface area contributed by atoms with Gasteiger partial charge in [-0.1, -0.05) is 29.4 Å². The average molecular weight is 365 g/mol. The van der Waals surface area contributed by atoms with Crippen molar-refractivity contribution in [1.29, 1.82) is 0 Å². The molecule has 0 bridgehead atoms. The number of alkyl halides is 4. The van der Waals surface area contributed by atoms with Crippen LogP contribution in [0.4, 0.5) is 17.6 Å². The molecule has 1 N–H and O–H groups in total. The molecule has 5 nitrogen and oxygen atoms in total. The predicted molar refractivity (Wildman–Crippen MR) is 84.9 cm³/mol. The molecule has 0 saturated carbocycles. The van der Waals surface area contributed by atoms with Crippen molar-refractivity contribution in [2.24, 2.45) is 5.11 Å². The van der Waals surface area contributed by atoms with Crippen molar-refractivity contribution in [3.63, 3.8) is 0 Å². The van der Waals surface area contributed by atoms with E-state index in [1.54, 1.807) is 12.1 Å². The first-order chi connectivity index (χ1) is 12.4. The second-order valence-electron chi connectivity index (χ2n) is 5.66. The Morgan fingerprint density at radius 3 is 2.65 bits per heavy atom. The molecule has 134 valence electrons. The maximum atomic E-state index is 12.9. The summed E-state index contributed by atoms with van der Waals surface area (Å²) in [5.74, 6) is -4.63. The third kappa shape index (κ3) is 3.48. The van der Waals surface area contributed by atoms with Gasteiger partial charge in [0.15, 0.2) is 12.8 Å². The first-order valence-electron chi connectivity index (χ1n) is 7.58. The molecule has 0 spiro atoms. The van der Waals surface area contributed by atoms with E-state index in [1.807, 2.05) is 24.3 Å². The molecule has 0 saturated heterocycles. The van der Waals surface area contributed by atoms with Gasteiger partial charge in [0, 0.05) is 22.1 Å². The van der Waals surface area contributed by atoms with Gasteiger partial charge in [-0.05, 0) is 28.8 Å². The normalized spacial score (nSPS) is 16.0. The van der Waals surface area contributed by atoms with E-state index < -0.39 is 19.0 Å². The minimum atomic E-state index is -4.23. The van der Waals surface area contributed by atoms with Crippen LogP contribution in [0.2, 0.25) is 0 Å². The third-order valence-corrected chi connectivity index (χ3v) is 3.95. The number of hydrogen-bond acceptors (Lipinski definition) is 2. The number of nitrogens with one attached hydrogen (secondary N) is 1. The lowest BCUT2D eigenvalue weighted by Crippen LogP contribution is -2.34. The number of hydrogen-bond donors (Lipinski definition) is 0. The molecule has 26 heavy (non-hydrogen) atoms. The monoisotopic (exact) mass is 365 g/mol. The fourth-order valence-corrected chi connectivity index (χ4v) is 2.72. The summed E-state index contributed by atoms with van der Waals surface area (Å²) in [4.78, 5) is 5.49. The van der Waals surface area contributed by atoms with Crippen molar-refractivity contribution in [2.45, 2.75) is 18.3 Å². The van der Waals surface area contributed by atoms with Crippen molar-refractivity contribution < 1.29 is 27.3 Å². The van der Waals surface area contributed by atoms with Gasteiger partial charge in [-0.2, -0.15) is 13.8 Å². The fourth-order valence-electron chi connectivity index (χ4n) is 2.72. The number of halogens is 4. The smallest absolute Gasteiger partial charge is 0.366 e. The summed E-state index contributed by atoms with van der Waals surface area (Å²) in [5.41, 5.74) is 11.8. The summed E-state index contributed by atoms with van der Waals surface area (Å²) in [7, 11) is 0. The zero-order valence-electron chi connectivity index (χ0n) is 13.2. The minimum absolute atomic E-state index is 0.0744. The lowest BCUT2D eigenvalue weighted by atomic mass is 9.93. The highest BCUT2D eigenvalue weighted by Gasteiger charge is 2.42. The van der Waals surface area contributed by atoms with Crippen LogP contribution in [-0.4, -0.2) is 19.0 Å². The highest BCUT2D eigenvalue weighted by Crippen LogP contribution is 2.41. The van der Waals surface area contributed by atoms with Crippen molar-refractivity contribution in [2.75, 3.05) is 6.61 Å².